The van der Waals surface area contributed by atoms with E-state index in [2.05, 4.69) is 5.32 Å². The Balaban J connectivity index is 1.89. The standard InChI is InChI=1S/C22H21F3N2O2S/c1-3-14(2)26-20(28)13-27-17-6-4-5-7-18(17)30-19(21(27)29)12-15-8-10-16(11-9-15)22(23,24)25/h4-12,14H,3,13H2,1-2H3,(H,26,28)/b19-12-. The quantitative estimate of drug-likeness (QED) is 0.666. The van der Waals surface area contributed by atoms with Crippen LogP contribution >= 0.6 is 11.8 Å². The van der Waals surface area contributed by atoms with Crippen molar-refractivity contribution in [3.05, 3.63) is 64.6 Å². The van der Waals surface area contributed by atoms with Crippen molar-refractivity contribution >= 4 is 35.3 Å². The van der Waals surface area contributed by atoms with Crippen molar-refractivity contribution in [3.8, 4) is 0 Å². The largest absolute Gasteiger partial charge is 0.416 e. The molecule has 1 N–H and O–H groups in total. The lowest BCUT2D eigenvalue weighted by Gasteiger charge is -2.30. The summed E-state index contributed by atoms with van der Waals surface area (Å²) in [4.78, 5) is 28.0. The lowest BCUT2D eigenvalue weighted by Crippen LogP contribution is -2.44. The van der Waals surface area contributed by atoms with Crippen molar-refractivity contribution in [2.45, 2.75) is 37.4 Å². The Labute approximate surface area is 177 Å². The number of rotatable bonds is 5. The summed E-state index contributed by atoms with van der Waals surface area (Å²) in [6.45, 7) is 3.70. The van der Waals surface area contributed by atoms with Crippen molar-refractivity contribution in [2.75, 3.05) is 11.4 Å². The summed E-state index contributed by atoms with van der Waals surface area (Å²) in [6.07, 6.45) is -2.10. The maximum atomic E-state index is 13.1. The number of benzene rings is 2. The van der Waals surface area contributed by atoms with Gasteiger partial charge in [0, 0.05) is 10.9 Å². The molecule has 4 nitrogen and oxygen atoms in total. The summed E-state index contributed by atoms with van der Waals surface area (Å²) in [6, 6.07) is 11.8. The highest BCUT2D eigenvalue weighted by Gasteiger charge is 2.31. The third-order valence-electron chi connectivity index (χ3n) is 4.69. The Bertz CT molecular complexity index is 971. The highest BCUT2D eigenvalue weighted by Crippen LogP contribution is 2.42. The van der Waals surface area contributed by atoms with E-state index in [0.29, 0.717) is 16.2 Å². The van der Waals surface area contributed by atoms with Crippen LogP contribution in [0.15, 0.2) is 58.3 Å². The molecule has 0 bridgehead atoms. The first-order valence-electron chi connectivity index (χ1n) is 9.46. The van der Waals surface area contributed by atoms with E-state index in [0.717, 1.165) is 23.4 Å². The number of carbonyl (C=O) groups excluding carboxylic acids is 2. The van der Waals surface area contributed by atoms with Crippen LogP contribution in [0.1, 0.15) is 31.4 Å². The van der Waals surface area contributed by atoms with Crippen LogP contribution in [0, 0.1) is 0 Å². The lowest BCUT2D eigenvalue weighted by molar-refractivity contribution is -0.137. The van der Waals surface area contributed by atoms with Crippen LogP contribution in [0.2, 0.25) is 0 Å². The number of para-hydroxylation sites is 1. The van der Waals surface area contributed by atoms with Crippen LogP contribution in [-0.2, 0) is 15.8 Å². The molecule has 0 aromatic heterocycles. The first kappa shape index (κ1) is 22.0. The normalized spacial score (nSPS) is 16.4. The van der Waals surface area contributed by atoms with Gasteiger partial charge in [-0.1, -0.05) is 43.0 Å². The number of nitrogens with zero attached hydrogens (tertiary/aromatic N) is 1. The molecule has 1 heterocycles. The molecule has 8 heteroatoms. The van der Waals surface area contributed by atoms with Gasteiger partial charge < -0.3 is 5.32 Å². The molecular weight excluding hydrogens is 413 g/mol. The van der Waals surface area contributed by atoms with Gasteiger partial charge in [-0.3, -0.25) is 14.5 Å². The van der Waals surface area contributed by atoms with Crippen LogP contribution in [0.25, 0.3) is 6.08 Å². The maximum Gasteiger partial charge on any atom is 0.416 e. The lowest BCUT2D eigenvalue weighted by atomic mass is 10.1. The van der Waals surface area contributed by atoms with Crippen LogP contribution < -0.4 is 10.2 Å². The first-order valence-corrected chi connectivity index (χ1v) is 10.3. The summed E-state index contributed by atoms with van der Waals surface area (Å²) < 4.78 is 38.3. The van der Waals surface area contributed by atoms with Crippen molar-refractivity contribution in [1.82, 2.24) is 5.32 Å². The van der Waals surface area contributed by atoms with E-state index < -0.39 is 11.7 Å². The SMILES string of the molecule is CCC(C)NC(=O)CN1C(=O)/C(=C/c2ccc(C(F)(F)F)cc2)Sc2ccccc21. The van der Waals surface area contributed by atoms with Crippen LogP contribution in [0.5, 0.6) is 0 Å². The van der Waals surface area contributed by atoms with Gasteiger partial charge in [-0.15, -0.1) is 0 Å². The van der Waals surface area contributed by atoms with Gasteiger partial charge >= 0.3 is 6.18 Å². The molecule has 0 saturated carbocycles. The molecule has 1 aliphatic heterocycles. The van der Waals surface area contributed by atoms with E-state index in [1.165, 1.54) is 28.8 Å². The Morgan fingerprint density at radius 2 is 1.83 bits per heavy atom. The fraction of sp³-hybridized carbons (Fsp3) is 0.273. The number of carbonyl (C=O) groups is 2. The van der Waals surface area contributed by atoms with E-state index in [4.69, 9.17) is 0 Å². The van der Waals surface area contributed by atoms with Gasteiger partial charge in [0.25, 0.3) is 5.91 Å². The summed E-state index contributed by atoms with van der Waals surface area (Å²) in [5.74, 6) is -0.633. The second-order valence-electron chi connectivity index (χ2n) is 6.97. The van der Waals surface area contributed by atoms with E-state index in [-0.39, 0.29) is 24.4 Å². The highest BCUT2D eigenvalue weighted by molar-refractivity contribution is 8.04. The van der Waals surface area contributed by atoms with Crippen LogP contribution in [0.3, 0.4) is 0 Å². The molecule has 2 aromatic rings. The summed E-state index contributed by atoms with van der Waals surface area (Å²) in [5, 5.41) is 2.85. The summed E-state index contributed by atoms with van der Waals surface area (Å²) in [5.41, 5.74) is 0.361. The number of hydrogen-bond acceptors (Lipinski definition) is 3. The van der Waals surface area contributed by atoms with E-state index in [9.17, 15) is 22.8 Å². The zero-order chi connectivity index (χ0) is 21.9. The average molecular weight is 434 g/mol. The molecule has 0 aliphatic carbocycles. The van der Waals surface area contributed by atoms with Crippen molar-refractivity contribution in [2.24, 2.45) is 0 Å². The Hall–Kier alpha value is -2.74. The minimum Gasteiger partial charge on any atom is -0.352 e. The molecule has 0 fully saturated rings. The Morgan fingerprint density at radius 3 is 2.47 bits per heavy atom. The highest BCUT2D eigenvalue weighted by atomic mass is 32.2. The minimum absolute atomic E-state index is 0.0100. The van der Waals surface area contributed by atoms with Gasteiger partial charge in [-0.2, -0.15) is 13.2 Å². The summed E-state index contributed by atoms with van der Waals surface area (Å²) in [7, 11) is 0. The molecule has 0 saturated heterocycles. The number of halogens is 3. The fourth-order valence-electron chi connectivity index (χ4n) is 2.91. The van der Waals surface area contributed by atoms with Gasteiger partial charge in [0.05, 0.1) is 16.2 Å². The van der Waals surface area contributed by atoms with Crippen molar-refractivity contribution in [3.63, 3.8) is 0 Å². The van der Waals surface area contributed by atoms with Crippen LogP contribution in [-0.4, -0.2) is 24.4 Å². The zero-order valence-corrected chi connectivity index (χ0v) is 17.3. The third-order valence-corrected chi connectivity index (χ3v) is 5.77. The maximum absolute atomic E-state index is 13.1. The van der Waals surface area contributed by atoms with Crippen molar-refractivity contribution in [1.29, 1.82) is 0 Å². The van der Waals surface area contributed by atoms with Gasteiger partial charge in [0.2, 0.25) is 5.91 Å². The smallest absolute Gasteiger partial charge is 0.352 e. The fourth-order valence-corrected chi connectivity index (χ4v) is 3.96. The molecule has 1 unspecified atom stereocenters. The third kappa shape index (κ3) is 5.05. The predicted octanol–water partition coefficient (Wildman–Crippen LogP) is 5.10. The van der Waals surface area contributed by atoms with Gasteiger partial charge in [0.15, 0.2) is 0 Å². The second kappa shape index (κ2) is 8.95. The van der Waals surface area contributed by atoms with E-state index >= 15 is 0 Å². The molecule has 1 aliphatic rings. The topological polar surface area (TPSA) is 49.4 Å². The number of alkyl halides is 3. The molecule has 2 amide bonds. The summed E-state index contributed by atoms with van der Waals surface area (Å²) >= 11 is 1.23. The number of amides is 2. The zero-order valence-electron chi connectivity index (χ0n) is 16.5. The molecule has 2 aromatic carbocycles. The average Bonchev–Trinajstić information content (AvgIpc) is 2.70. The van der Waals surface area contributed by atoms with Crippen molar-refractivity contribution < 1.29 is 22.8 Å². The van der Waals surface area contributed by atoms with Gasteiger partial charge in [0.1, 0.15) is 6.54 Å². The van der Waals surface area contributed by atoms with Gasteiger partial charge in [-0.25, -0.2) is 0 Å². The minimum atomic E-state index is -4.42. The molecule has 30 heavy (non-hydrogen) atoms. The number of nitrogens with one attached hydrogen (secondary N) is 1. The molecule has 158 valence electrons. The molecular formula is C22H21F3N2O2S. The van der Waals surface area contributed by atoms with Gasteiger partial charge in [-0.05, 0) is 49.2 Å². The molecule has 1 atom stereocenters. The number of hydrogen-bond donors (Lipinski definition) is 1. The first-order chi connectivity index (χ1) is 14.2. The van der Waals surface area contributed by atoms with E-state index in [1.807, 2.05) is 26.0 Å². The number of anilines is 1. The van der Waals surface area contributed by atoms with Crippen LogP contribution in [0.4, 0.5) is 18.9 Å². The van der Waals surface area contributed by atoms with E-state index in [1.54, 1.807) is 18.2 Å². The molecule has 0 spiro atoms. The predicted molar refractivity (Wildman–Crippen MR) is 112 cm³/mol. The second-order valence-corrected chi connectivity index (χ2v) is 8.05. The number of fused-ring (bicyclic) bond motifs is 1. The number of thioether (sulfide) groups is 1. The monoisotopic (exact) mass is 434 g/mol. The Kier molecular flexibility index (Phi) is 6.55. The molecule has 3 rings (SSSR count). The molecule has 0 radical (unpaired) electrons. The Morgan fingerprint density at radius 1 is 1.17 bits per heavy atom.